The molecule has 12 heavy (non-hydrogen) atoms. The molecule has 0 aliphatic carbocycles. The van der Waals surface area contributed by atoms with Gasteiger partial charge < -0.3 is 15.4 Å². The van der Waals surface area contributed by atoms with E-state index in [-0.39, 0.29) is 12.4 Å². The molecule has 3 N–H and O–H groups in total. The molecule has 0 fully saturated rings. The van der Waals surface area contributed by atoms with Gasteiger partial charge in [0.25, 0.3) is 0 Å². The average Bonchev–Trinajstić information content (AvgIpc) is 2.05. The van der Waals surface area contributed by atoms with Crippen molar-refractivity contribution in [3.8, 4) is 0 Å². The summed E-state index contributed by atoms with van der Waals surface area (Å²) in [5.41, 5.74) is 0.435. The Balaban J connectivity index is 0.00000121. The third kappa shape index (κ3) is 2.69. The van der Waals surface area contributed by atoms with Crippen molar-refractivity contribution in [3.05, 3.63) is 18.3 Å². The molecule has 0 saturated carbocycles. The third-order valence-corrected chi connectivity index (χ3v) is 1.34. The minimum absolute atomic E-state index is 0. The fourth-order valence-corrected chi connectivity index (χ4v) is 0.744. The summed E-state index contributed by atoms with van der Waals surface area (Å²) in [5.74, 6) is 0.621. The molecule has 0 amide bonds. The van der Waals surface area contributed by atoms with Crippen LogP contribution in [0.3, 0.4) is 0 Å². The van der Waals surface area contributed by atoms with Gasteiger partial charge in [-0.3, -0.25) is 0 Å². The summed E-state index contributed by atoms with van der Waals surface area (Å²) in [6.07, 6.45) is 1.51. The first kappa shape index (κ1) is 11.2. The predicted molar refractivity (Wildman–Crippen MR) is 50.9 cm³/mol. The second-order valence-electron chi connectivity index (χ2n) is 2.10. The van der Waals surface area contributed by atoms with Gasteiger partial charge in [-0.1, -0.05) is 0 Å². The van der Waals surface area contributed by atoms with Crippen LogP contribution in [0, 0.1) is 0 Å². The van der Waals surface area contributed by atoms with E-state index >= 15 is 0 Å². The summed E-state index contributed by atoms with van der Waals surface area (Å²) in [4.78, 5) is 3.91. The molecule has 0 radical (unpaired) electrons. The summed E-state index contributed by atoms with van der Waals surface area (Å²) >= 11 is 0. The van der Waals surface area contributed by atoms with Gasteiger partial charge in [-0.25, -0.2) is 4.98 Å². The molecule has 0 aromatic carbocycles. The van der Waals surface area contributed by atoms with Crippen LogP contribution in [-0.2, 0) is 0 Å². The molecule has 0 saturated heterocycles. The Morgan fingerprint density at radius 3 is 2.67 bits per heavy atom. The van der Waals surface area contributed by atoms with Crippen molar-refractivity contribution in [2.24, 2.45) is 0 Å². The molecule has 1 aromatic rings. The largest absolute Gasteiger partial charge is 0.488 e. The van der Waals surface area contributed by atoms with Crippen molar-refractivity contribution in [3.63, 3.8) is 0 Å². The van der Waals surface area contributed by atoms with Crippen LogP contribution in [0.4, 0.5) is 5.82 Å². The number of nitrogens with zero attached hydrogens (tertiary/aromatic N) is 1. The summed E-state index contributed by atoms with van der Waals surface area (Å²) in [6.45, 7) is 0. The van der Waals surface area contributed by atoms with E-state index < -0.39 is 7.12 Å². The summed E-state index contributed by atoms with van der Waals surface area (Å²) in [7, 11) is 0.292. The summed E-state index contributed by atoms with van der Waals surface area (Å²) in [6, 6.07) is 3.12. The number of nitrogens with one attached hydrogen (secondary N) is 1. The van der Waals surface area contributed by atoms with E-state index in [2.05, 4.69) is 10.3 Å². The zero-order valence-electron chi connectivity index (χ0n) is 6.56. The molecule has 0 bridgehead atoms. The first-order valence-electron chi connectivity index (χ1n) is 3.24. The highest BCUT2D eigenvalue weighted by atomic mass is 35.5. The summed E-state index contributed by atoms with van der Waals surface area (Å²) < 4.78 is 0. The first-order chi connectivity index (χ1) is 5.24. The lowest BCUT2D eigenvalue weighted by Crippen LogP contribution is -2.29. The molecular weight excluding hydrogens is 178 g/mol. The van der Waals surface area contributed by atoms with Crippen LogP contribution in [0.5, 0.6) is 0 Å². The second kappa shape index (κ2) is 4.98. The van der Waals surface area contributed by atoms with Crippen molar-refractivity contribution in [2.45, 2.75) is 0 Å². The molecule has 1 heterocycles. The highest BCUT2D eigenvalue weighted by molar-refractivity contribution is 6.58. The minimum Gasteiger partial charge on any atom is -0.423 e. The fourth-order valence-electron chi connectivity index (χ4n) is 0.744. The number of rotatable bonds is 2. The van der Waals surface area contributed by atoms with Gasteiger partial charge in [0.15, 0.2) is 0 Å². The predicted octanol–water partition coefficient (Wildman–Crippen LogP) is -0.775. The highest BCUT2D eigenvalue weighted by Crippen LogP contribution is 1.95. The van der Waals surface area contributed by atoms with Gasteiger partial charge in [-0.05, 0) is 17.6 Å². The Morgan fingerprint density at radius 1 is 1.50 bits per heavy atom. The number of hydrogen-bond acceptors (Lipinski definition) is 4. The maximum atomic E-state index is 8.74. The topological polar surface area (TPSA) is 65.4 Å². The standard InChI is InChI=1S/C6H9BN2O2.ClH/c1-8-6-4-5(7(10)11)2-3-9-6;/h2-4,10-11H,1H3,(H,8,9);1H. The van der Waals surface area contributed by atoms with Crippen LogP contribution < -0.4 is 10.8 Å². The first-order valence-corrected chi connectivity index (χ1v) is 3.24. The van der Waals surface area contributed by atoms with Gasteiger partial charge in [0, 0.05) is 13.2 Å². The Bertz CT molecular complexity index is 247. The molecule has 1 rings (SSSR count). The lowest BCUT2D eigenvalue weighted by atomic mass is 9.81. The van der Waals surface area contributed by atoms with Gasteiger partial charge in [-0.2, -0.15) is 0 Å². The van der Waals surface area contributed by atoms with Crippen molar-refractivity contribution >= 4 is 30.8 Å². The highest BCUT2D eigenvalue weighted by Gasteiger charge is 2.10. The van der Waals surface area contributed by atoms with Gasteiger partial charge in [0.1, 0.15) is 5.82 Å². The van der Waals surface area contributed by atoms with Crippen molar-refractivity contribution < 1.29 is 10.0 Å². The van der Waals surface area contributed by atoms with Crippen molar-refractivity contribution in [1.82, 2.24) is 4.98 Å². The minimum atomic E-state index is -1.43. The Hall–Kier alpha value is -0.775. The number of anilines is 1. The quantitative estimate of drug-likeness (QED) is 0.533. The van der Waals surface area contributed by atoms with Crippen LogP contribution in [-0.4, -0.2) is 29.2 Å². The van der Waals surface area contributed by atoms with Crippen LogP contribution in [0.2, 0.25) is 0 Å². The number of hydrogen-bond donors (Lipinski definition) is 3. The zero-order chi connectivity index (χ0) is 8.27. The van der Waals surface area contributed by atoms with Crippen LogP contribution in [0.25, 0.3) is 0 Å². The van der Waals surface area contributed by atoms with E-state index in [1.807, 2.05) is 0 Å². The van der Waals surface area contributed by atoms with E-state index in [1.54, 1.807) is 19.2 Å². The molecule has 0 unspecified atom stereocenters. The van der Waals surface area contributed by atoms with Crippen LogP contribution in [0.1, 0.15) is 0 Å². The second-order valence-corrected chi connectivity index (χ2v) is 2.10. The smallest absolute Gasteiger partial charge is 0.423 e. The van der Waals surface area contributed by atoms with Gasteiger partial charge in [0.2, 0.25) is 0 Å². The molecule has 6 heteroatoms. The Morgan fingerprint density at radius 2 is 2.17 bits per heavy atom. The lowest BCUT2D eigenvalue weighted by molar-refractivity contribution is 0.425. The van der Waals surface area contributed by atoms with E-state index in [0.29, 0.717) is 11.3 Å². The molecule has 0 aliphatic rings. The van der Waals surface area contributed by atoms with Crippen LogP contribution >= 0.6 is 12.4 Å². The van der Waals surface area contributed by atoms with E-state index in [1.165, 1.54) is 6.20 Å². The van der Waals surface area contributed by atoms with E-state index in [9.17, 15) is 0 Å². The summed E-state index contributed by atoms with van der Waals surface area (Å²) in [5, 5.41) is 20.3. The Kier molecular flexibility index (Phi) is 4.65. The third-order valence-electron chi connectivity index (χ3n) is 1.34. The number of aromatic nitrogens is 1. The molecule has 4 nitrogen and oxygen atoms in total. The van der Waals surface area contributed by atoms with Crippen LogP contribution in [0.15, 0.2) is 18.3 Å². The SMILES string of the molecule is CNc1cc(B(O)O)ccn1.Cl. The monoisotopic (exact) mass is 188 g/mol. The molecule has 0 spiro atoms. The van der Waals surface area contributed by atoms with Crippen molar-refractivity contribution in [1.29, 1.82) is 0 Å². The Labute approximate surface area is 77.2 Å². The maximum Gasteiger partial charge on any atom is 0.488 e. The van der Waals surface area contributed by atoms with Gasteiger partial charge in [0.05, 0.1) is 0 Å². The fraction of sp³-hybridized carbons (Fsp3) is 0.167. The van der Waals surface area contributed by atoms with Gasteiger partial charge >= 0.3 is 7.12 Å². The van der Waals surface area contributed by atoms with E-state index in [4.69, 9.17) is 10.0 Å². The van der Waals surface area contributed by atoms with E-state index in [0.717, 1.165) is 0 Å². The zero-order valence-corrected chi connectivity index (χ0v) is 7.38. The van der Waals surface area contributed by atoms with Crippen molar-refractivity contribution in [2.75, 3.05) is 12.4 Å². The molecule has 1 aromatic heterocycles. The van der Waals surface area contributed by atoms with Gasteiger partial charge in [-0.15, -0.1) is 12.4 Å². The number of halogens is 1. The lowest BCUT2D eigenvalue weighted by Gasteiger charge is -2.01. The normalized spacial score (nSPS) is 8.58. The molecule has 0 atom stereocenters. The maximum absolute atomic E-state index is 8.74. The average molecular weight is 188 g/mol. The molecule has 0 aliphatic heterocycles. The molecular formula is C6H10BClN2O2. The molecule has 66 valence electrons. The number of pyridine rings is 1.